The maximum Gasteiger partial charge on any atom is 0.135 e. The van der Waals surface area contributed by atoms with Gasteiger partial charge < -0.3 is 15.4 Å². The van der Waals surface area contributed by atoms with E-state index in [-0.39, 0.29) is 0 Å². The van der Waals surface area contributed by atoms with Gasteiger partial charge in [-0.25, -0.2) is 9.97 Å². The molecular weight excluding hydrogens is 308 g/mol. The predicted octanol–water partition coefficient (Wildman–Crippen LogP) is 3.04. The maximum absolute atomic E-state index is 4.97. The molecule has 2 aromatic rings. The number of nitrogens with one attached hydrogen (secondary N) is 2. The van der Waals surface area contributed by atoms with E-state index in [0.717, 1.165) is 21.8 Å². The van der Waals surface area contributed by atoms with Crippen molar-refractivity contribution in [2.75, 3.05) is 30.9 Å². The summed E-state index contributed by atoms with van der Waals surface area (Å²) in [6, 6.07) is 9.76. The zero-order chi connectivity index (χ0) is 13.5. The molecule has 1 aromatic carbocycles. The number of benzene rings is 1. The Morgan fingerprint density at radius 2 is 1.89 bits per heavy atom. The second-order valence-corrected chi connectivity index (χ2v) is 4.76. The van der Waals surface area contributed by atoms with Crippen LogP contribution >= 0.6 is 15.9 Å². The van der Waals surface area contributed by atoms with Crippen LogP contribution in [0.1, 0.15) is 0 Å². The third-order valence-electron chi connectivity index (χ3n) is 2.40. The average molecular weight is 323 g/mol. The number of rotatable bonds is 6. The Morgan fingerprint density at radius 3 is 2.63 bits per heavy atom. The molecule has 2 N–H and O–H groups in total. The Balaban J connectivity index is 2.00. The molecule has 6 heteroatoms. The number of aromatic nitrogens is 2. The average Bonchev–Trinajstić information content (AvgIpc) is 2.42. The number of methoxy groups -OCH3 is 1. The highest BCUT2D eigenvalue weighted by molar-refractivity contribution is 9.10. The predicted molar refractivity (Wildman–Crippen MR) is 79.8 cm³/mol. The summed E-state index contributed by atoms with van der Waals surface area (Å²) >= 11 is 3.40. The molecule has 5 nitrogen and oxygen atoms in total. The largest absolute Gasteiger partial charge is 0.383 e. The Labute approximate surface area is 120 Å². The topological polar surface area (TPSA) is 59.1 Å². The van der Waals surface area contributed by atoms with Crippen LogP contribution in [0, 0.1) is 0 Å². The van der Waals surface area contributed by atoms with Gasteiger partial charge in [0.15, 0.2) is 0 Å². The lowest BCUT2D eigenvalue weighted by atomic mass is 10.3. The number of halogens is 1. The number of ether oxygens (including phenoxy) is 1. The monoisotopic (exact) mass is 322 g/mol. The smallest absolute Gasteiger partial charge is 0.135 e. The van der Waals surface area contributed by atoms with Gasteiger partial charge in [0.05, 0.1) is 6.61 Å². The van der Waals surface area contributed by atoms with Crippen molar-refractivity contribution in [2.24, 2.45) is 0 Å². The highest BCUT2D eigenvalue weighted by atomic mass is 79.9. The first-order valence-electron chi connectivity index (χ1n) is 5.85. The Kier molecular flexibility index (Phi) is 5.11. The first-order valence-corrected chi connectivity index (χ1v) is 6.64. The molecule has 0 amide bonds. The van der Waals surface area contributed by atoms with Gasteiger partial charge in [-0.3, -0.25) is 0 Å². The van der Waals surface area contributed by atoms with Crippen LogP contribution < -0.4 is 10.6 Å². The van der Waals surface area contributed by atoms with Gasteiger partial charge >= 0.3 is 0 Å². The summed E-state index contributed by atoms with van der Waals surface area (Å²) in [6.45, 7) is 1.35. The molecule has 0 saturated carbocycles. The van der Waals surface area contributed by atoms with Crippen molar-refractivity contribution in [3.8, 4) is 0 Å². The normalized spacial score (nSPS) is 10.2. The molecule has 0 spiro atoms. The molecule has 0 atom stereocenters. The fraction of sp³-hybridized carbons (Fsp3) is 0.231. The Morgan fingerprint density at radius 1 is 1.16 bits per heavy atom. The van der Waals surface area contributed by atoms with E-state index in [1.165, 1.54) is 6.33 Å². The minimum absolute atomic E-state index is 0.638. The van der Waals surface area contributed by atoms with E-state index < -0.39 is 0 Å². The summed E-state index contributed by atoms with van der Waals surface area (Å²) in [7, 11) is 1.67. The van der Waals surface area contributed by atoms with Crippen LogP contribution in [-0.2, 0) is 4.74 Å². The van der Waals surface area contributed by atoms with Gasteiger partial charge in [0.2, 0.25) is 0 Å². The third-order valence-corrected chi connectivity index (χ3v) is 2.92. The molecule has 100 valence electrons. The van der Waals surface area contributed by atoms with E-state index in [1.54, 1.807) is 7.11 Å². The molecule has 0 radical (unpaired) electrons. The van der Waals surface area contributed by atoms with Gasteiger partial charge in [0.25, 0.3) is 0 Å². The van der Waals surface area contributed by atoms with Crippen LogP contribution in [0.2, 0.25) is 0 Å². The second kappa shape index (κ2) is 7.06. The number of hydrogen-bond donors (Lipinski definition) is 2. The molecule has 0 aliphatic rings. The van der Waals surface area contributed by atoms with E-state index >= 15 is 0 Å². The van der Waals surface area contributed by atoms with Gasteiger partial charge in [-0.05, 0) is 24.3 Å². The molecule has 0 aliphatic heterocycles. The number of anilines is 3. The van der Waals surface area contributed by atoms with E-state index in [1.807, 2.05) is 30.3 Å². The summed E-state index contributed by atoms with van der Waals surface area (Å²) < 4.78 is 6.02. The summed E-state index contributed by atoms with van der Waals surface area (Å²) in [4.78, 5) is 8.32. The van der Waals surface area contributed by atoms with Crippen molar-refractivity contribution in [3.05, 3.63) is 41.1 Å². The summed E-state index contributed by atoms with van der Waals surface area (Å²) in [5, 5.41) is 6.38. The number of nitrogens with zero attached hydrogens (tertiary/aromatic N) is 2. The lowest BCUT2D eigenvalue weighted by molar-refractivity contribution is 0.210. The fourth-order valence-electron chi connectivity index (χ4n) is 1.48. The fourth-order valence-corrected chi connectivity index (χ4v) is 1.75. The number of hydrogen-bond acceptors (Lipinski definition) is 5. The minimum atomic E-state index is 0.638. The minimum Gasteiger partial charge on any atom is -0.383 e. The molecule has 1 heterocycles. The van der Waals surface area contributed by atoms with Crippen molar-refractivity contribution in [3.63, 3.8) is 0 Å². The molecular formula is C13H15BrN4O. The lowest BCUT2D eigenvalue weighted by Crippen LogP contribution is -2.09. The highest BCUT2D eigenvalue weighted by Gasteiger charge is 1.99. The van der Waals surface area contributed by atoms with Crippen molar-refractivity contribution >= 4 is 33.3 Å². The van der Waals surface area contributed by atoms with Gasteiger partial charge in [-0.15, -0.1) is 0 Å². The van der Waals surface area contributed by atoms with Gasteiger partial charge in [0.1, 0.15) is 18.0 Å². The third kappa shape index (κ3) is 4.50. The molecule has 0 aliphatic carbocycles. The van der Waals surface area contributed by atoms with Crippen molar-refractivity contribution in [1.82, 2.24) is 9.97 Å². The second-order valence-electron chi connectivity index (χ2n) is 3.84. The van der Waals surface area contributed by atoms with Gasteiger partial charge in [0, 0.05) is 29.9 Å². The van der Waals surface area contributed by atoms with Crippen LogP contribution in [0.15, 0.2) is 41.1 Å². The maximum atomic E-state index is 4.97. The molecule has 0 bridgehead atoms. The van der Waals surface area contributed by atoms with E-state index in [0.29, 0.717) is 13.2 Å². The summed E-state index contributed by atoms with van der Waals surface area (Å²) in [5.41, 5.74) is 0.977. The molecule has 1 aromatic heterocycles. The molecule has 0 unspecified atom stereocenters. The van der Waals surface area contributed by atoms with Crippen LogP contribution in [0.3, 0.4) is 0 Å². The first kappa shape index (κ1) is 13.8. The van der Waals surface area contributed by atoms with E-state index in [9.17, 15) is 0 Å². The standard InChI is InChI=1S/C13H15BrN4O/c1-19-7-6-15-12-8-13(17-9-16-12)18-11-4-2-10(14)3-5-11/h2-5,8-9H,6-7H2,1H3,(H2,15,16,17,18). The van der Waals surface area contributed by atoms with Crippen LogP contribution in [0.4, 0.5) is 17.3 Å². The van der Waals surface area contributed by atoms with Gasteiger partial charge in [-0.2, -0.15) is 0 Å². The Hall–Kier alpha value is -1.66. The van der Waals surface area contributed by atoms with Crippen LogP contribution in [0.5, 0.6) is 0 Å². The molecule has 0 fully saturated rings. The van der Waals surface area contributed by atoms with E-state index in [2.05, 4.69) is 36.5 Å². The van der Waals surface area contributed by atoms with Crippen LogP contribution in [-0.4, -0.2) is 30.2 Å². The molecule has 2 rings (SSSR count). The highest BCUT2D eigenvalue weighted by Crippen LogP contribution is 2.18. The zero-order valence-electron chi connectivity index (χ0n) is 10.6. The van der Waals surface area contributed by atoms with Crippen molar-refractivity contribution in [1.29, 1.82) is 0 Å². The van der Waals surface area contributed by atoms with Crippen molar-refractivity contribution in [2.45, 2.75) is 0 Å². The van der Waals surface area contributed by atoms with Crippen LogP contribution in [0.25, 0.3) is 0 Å². The summed E-state index contributed by atoms with van der Waals surface area (Å²) in [6.07, 6.45) is 1.52. The molecule has 0 saturated heterocycles. The summed E-state index contributed by atoms with van der Waals surface area (Å²) in [5.74, 6) is 1.52. The SMILES string of the molecule is COCCNc1cc(Nc2ccc(Br)cc2)ncn1. The lowest BCUT2D eigenvalue weighted by Gasteiger charge is -2.08. The first-order chi connectivity index (χ1) is 9.28. The van der Waals surface area contributed by atoms with E-state index in [4.69, 9.17) is 4.74 Å². The quantitative estimate of drug-likeness (QED) is 0.800. The van der Waals surface area contributed by atoms with Crippen molar-refractivity contribution < 1.29 is 4.74 Å². The molecule has 19 heavy (non-hydrogen) atoms. The Bertz CT molecular complexity index is 518. The zero-order valence-corrected chi connectivity index (χ0v) is 12.1. The van der Waals surface area contributed by atoms with Gasteiger partial charge in [-0.1, -0.05) is 15.9 Å².